The van der Waals surface area contributed by atoms with Crippen molar-refractivity contribution in [2.45, 2.75) is 46.1 Å². The van der Waals surface area contributed by atoms with Gasteiger partial charge >= 0.3 is 5.97 Å². The SMILES string of the molecule is CCCCOc1ccc(/C=C2\SC(=O)N(CC(=O)O[C@H](C)CC)C2=O)cc1. The third-order valence-corrected chi connectivity index (χ3v) is 4.92. The first kappa shape index (κ1) is 21.0. The lowest BCUT2D eigenvalue weighted by atomic mass is 10.2. The minimum atomic E-state index is -0.582. The zero-order chi connectivity index (χ0) is 19.8. The largest absolute Gasteiger partial charge is 0.494 e. The number of nitrogens with zero attached hydrogens (tertiary/aromatic N) is 1. The Morgan fingerprint density at radius 2 is 1.93 bits per heavy atom. The third kappa shape index (κ3) is 6.13. The van der Waals surface area contributed by atoms with Crippen LogP contribution in [0.25, 0.3) is 6.08 Å². The van der Waals surface area contributed by atoms with Crippen LogP contribution in [0.2, 0.25) is 0 Å². The molecule has 1 atom stereocenters. The van der Waals surface area contributed by atoms with Gasteiger partial charge in [0, 0.05) is 0 Å². The number of unbranched alkanes of at least 4 members (excludes halogenated alkanes) is 1. The molecular weight excluding hydrogens is 366 g/mol. The highest BCUT2D eigenvalue weighted by molar-refractivity contribution is 8.18. The first-order valence-corrected chi connectivity index (χ1v) is 9.94. The van der Waals surface area contributed by atoms with E-state index >= 15 is 0 Å². The Morgan fingerprint density at radius 3 is 2.56 bits per heavy atom. The van der Waals surface area contributed by atoms with Gasteiger partial charge in [-0.25, -0.2) is 0 Å². The molecule has 1 aliphatic heterocycles. The van der Waals surface area contributed by atoms with Crippen LogP contribution in [0.1, 0.15) is 45.6 Å². The van der Waals surface area contributed by atoms with Crippen molar-refractivity contribution in [1.29, 1.82) is 0 Å². The average molecular weight is 391 g/mol. The molecule has 0 aromatic heterocycles. The summed E-state index contributed by atoms with van der Waals surface area (Å²) in [6.45, 7) is 6.06. The fourth-order valence-corrected chi connectivity index (χ4v) is 3.09. The zero-order valence-electron chi connectivity index (χ0n) is 15.9. The molecule has 0 unspecified atom stereocenters. The van der Waals surface area contributed by atoms with Crippen LogP contribution in [0.3, 0.4) is 0 Å². The predicted octanol–water partition coefficient (Wildman–Crippen LogP) is 4.24. The first-order chi connectivity index (χ1) is 12.9. The fraction of sp³-hybridized carbons (Fsp3) is 0.450. The van der Waals surface area contributed by atoms with Crippen LogP contribution in [0.4, 0.5) is 4.79 Å². The van der Waals surface area contributed by atoms with Crippen molar-refractivity contribution in [3.63, 3.8) is 0 Å². The maximum Gasteiger partial charge on any atom is 0.326 e. The molecule has 7 heteroatoms. The Balaban J connectivity index is 1.99. The van der Waals surface area contributed by atoms with Gasteiger partial charge in [0.25, 0.3) is 11.1 Å². The molecule has 0 aliphatic carbocycles. The molecule has 1 aromatic rings. The summed E-state index contributed by atoms with van der Waals surface area (Å²) in [5, 5.41) is -0.466. The normalized spacial score (nSPS) is 16.7. The second kappa shape index (κ2) is 10.2. The standard InChI is InChI=1S/C20H25NO5S/c1-4-6-11-25-16-9-7-15(8-10-16)12-17-19(23)21(20(24)27-17)13-18(22)26-14(3)5-2/h7-10,12,14H,4-6,11,13H2,1-3H3/b17-12-/t14-/m1/s1. The van der Waals surface area contributed by atoms with Crippen molar-refractivity contribution >= 4 is 35.0 Å². The molecule has 2 rings (SSSR count). The summed E-state index contributed by atoms with van der Waals surface area (Å²) in [5.41, 5.74) is 0.783. The number of hydrogen-bond acceptors (Lipinski definition) is 6. The second-order valence-electron chi connectivity index (χ2n) is 6.25. The molecule has 1 aliphatic rings. The lowest BCUT2D eigenvalue weighted by Gasteiger charge is -2.14. The quantitative estimate of drug-likeness (QED) is 0.356. The van der Waals surface area contributed by atoms with E-state index in [0.717, 1.165) is 40.8 Å². The molecule has 0 bridgehead atoms. The summed E-state index contributed by atoms with van der Waals surface area (Å²) in [6.07, 6.45) is 4.13. The number of hydrogen-bond donors (Lipinski definition) is 0. The minimum absolute atomic E-state index is 0.244. The number of imide groups is 1. The van der Waals surface area contributed by atoms with E-state index in [1.165, 1.54) is 0 Å². The van der Waals surface area contributed by atoms with Crippen LogP contribution < -0.4 is 4.74 Å². The van der Waals surface area contributed by atoms with Gasteiger partial charge in [-0.05, 0) is 55.3 Å². The number of rotatable bonds is 9. The first-order valence-electron chi connectivity index (χ1n) is 9.12. The van der Waals surface area contributed by atoms with Gasteiger partial charge in [-0.15, -0.1) is 0 Å². The van der Waals surface area contributed by atoms with Crippen molar-refractivity contribution < 1.29 is 23.9 Å². The van der Waals surface area contributed by atoms with Gasteiger partial charge in [-0.3, -0.25) is 19.3 Å². The van der Waals surface area contributed by atoms with Gasteiger partial charge < -0.3 is 9.47 Å². The molecule has 0 spiro atoms. The van der Waals surface area contributed by atoms with E-state index < -0.39 is 17.1 Å². The molecule has 1 saturated heterocycles. The molecule has 1 heterocycles. The second-order valence-corrected chi connectivity index (χ2v) is 7.24. The Bertz CT molecular complexity index is 714. The molecule has 0 radical (unpaired) electrons. The Morgan fingerprint density at radius 1 is 1.22 bits per heavy atom. The van der Waals surface area contributed by atoms with E-state index in [9.17, 15) is 14.4 Å². The van der Waals surface area contributed by atoms with E-state index in [1.807, 2.05) is 31.2 Å². The number of amides is 2. The van der Waals surface area contributed by atoms with Crippen LogP contribution in [0.15, 0.2) is 29.2 Å². The summed E-state index contributed by atoms with van der Waals surface area (Å²) < 4.78 is 10.7. The van der Waals surface area contributed by atoms with Crippen LogP contribution in [0, 0.1) is 0 Å². The molecule has 2 amide bonds. The monoisotopic (exact) mass is 391 g/mol. The smallest absolute Gasteiger partial charge is 0.326 e. The Hall–Kier alpha value is -2.28. The van der Waals surface area contributed by atoms with Gasteiger partial charge in [0.15, 0.2) is 0 Å². The number of thioether (sulfide) groups is 1. The summed E-state index contributed by atoms with van der Waals surface area (Å²) in [6, 6.07) is 7.31. The maximum absolute atomic E-state index is 12.4. The van der Waals surface area contributed by atoms with Crippen molar-refractivity contribution in [3.05, 3.63) is 34.7 Å². The average Bonchev–Trinajstić information content (AvgIpc) is 2.90. The topological polar surface area (TPSA) is 72.9 Å². The Kier molecular flexibility index (Phi) is 7.91. The maximum atomic E-state index is 12.4. The van der Waals surface area contributed by atoms with Gasteiger partial charge in [0.2, 0.25) is 0 Å². The highest BCUT2D eigenvalue weighted by Crippen LogP contribution is 2.32. The highest BCUT2D eigenvalue weighted by atomic mass is 32.2. The van der Waals surface area contributed by atoms with Crippen LogP contribution in [-0.4, -0.2) is 41.3 Å². The van der Waals surface area contributed by atoms with Crippen molar-refractivity contribution in [1.82, 2.24) is 4.90 Å². The van der Waals surface area contributed by atoms with Crippen LogP contribution >= 0.6 is 11.8 Å². The molecule has 27 heavy (non-hydrogen) atoms. The predicted molar refractivity (Wildman–Crippen MR) is 105 cm³/mol. The van der Waals surface area contributed by atoms with Crippen LogP contribution in [0.5, 0.6) is 5.75 Å². The summed E-state index contributed by atoms with van der Waals surface area (Å²) in [7, 11) is 0. The van der Waals surface area contributed by atoms with Crippen LogP contribution in [-0.2, 0) is 14.3 Å². The minimum Gasteiger partial charge on any atom is -0.494 e. The lowest BCUT2D eigenvalue weighted by Crippen LogP contribution is -2.35. The number of carbonyl (C=O) groups is 3. The van der Waals surface area contributed by atoms with E-state index in [1.54, 1.807) is 13.0 Å². The number of esters is 1. The Labute approximate surface area is 163 Å². The van der Waals surface area contributed by atoms with Crippen molar-refractivity contribution in [3.8, 4) is 5.75 Å². The molecule has 146 valence electrons. The van der Waals surface area contributed by atoms with Gasteiger partial charge in [-0.1, -0.05) is 32.4 Å². The van der Waals surface area contributed by atoms with Gasteiger partial charge in [0.1, 0.15) is 12.3 Å². The molecule has 1 fully saturated rings. The number of carbonyl (C=O) groups excluding carboxylic acids is 3. The fourth-order valence-electron chi connectivity index (χ4n) is 2.26. The van der Waals surface area contributed by atoms with Gasteiger partial charge in [-0.2, -0.15) is 0 Å². The summed E-state index contributed by atoms with van der Waals surface area (Å²) in [4.78, 5) is 37.6. The summed E-state index contributed by atoms with van der Waals surface area (Å²) in [5.74, 6) is -0.294. The van der Waals surface area contributed by atoms with E-state index in [2.05, 4.69) is 6.92 Å². The third-order valence-electron chi connectivity index (χ3n) is 4.01. The highest BCUT2D eigenvalue weighted by Gasteiger charge is 2.36. The van der Waals surface area contributed by atoms with Crippen molar-refractivity contribution in [2.75, 3.05) is 13.2 Å². The molecular formula is C20H25NO5S. The lowest BCUT2D eigenvalue weighted by molar-refractivity contribution is -0.150. The van der Waals surface area contributed by atoms with E-state index in [0.29, 0.717) is 13.0 Å². The zero-order valence-corrected chi connectivity index (χ0v) is 16.7. The van der Waals surface area contributed by atoms with Crippen molar-refractivity contribution in [2.24, 2.45) is 0 Å². The molecule has 6 nitrogen and oxygen atoms in total. The molecule has 0 N–H and O–H groups in total. The van der Waals surface area contributed by atoms with E-state index in [4.69, 9.17) is 9.47 Å². The number of ether oxygens (including phenoxy) is 2. The molecule has 0 saturated carbocycles. The summed E-state index contributed by atoms with van der Waals surface area (Å²) >= 11 is 0.824. The van der Waals surface area contributed by atoms with Gasteiger partial charge in [0.05, 0.1) is 17.6 Å². The van der Waals surface area contributed by atoms with E-state index in [-0.39, 0.29) is 17.6 Å². The number of benzene rings is 1. The molecule has 1 aromatic carbocycles.